The van der Waals surface area contributed by atoms with Crippen molar-refractivity contribution in [1.29, 1.82) is 0 Å². The van der Waals surface area contributed by atoms with Crippen LogP contribution in [0.5, 0.6) is 11.6 Å². The molecule has 0 atom stereocenters. The summed E-state index contributed by atoms with van der Waals surface area (Å²) in [6.45, 7) is 1.65. The van der Waals surface area contributed by atoms with E-state index in [2.05, 4.69) is 9.72 Å². The number of carbonyl (C=O) groups is 1. The van der Waals surface area contributed by atoms with E-state index >= 15 is 0 Å². The molecule has 0 radical (unpaired) electrons. The number of carboxylic acid groups (broad SMARTS) is 1. The average Bonchev–Trinajstić information content (AvgIpc) is 2.26. The second-order valence-electron chi connectivity index (χ2n) is 5.08. The minimum absolute atomic E-state index is 0.0580. The number of aromatic nitrogens is 1. The van der Waals surface area contributed by atoms with E-state index in [4.69, 9.17) is 5.11 Å². The van der Waals surface area contributed by atoms with Crippen LogP contribution in [0.25, 0.3) is 0 Å². The second-order valence-corrected chi connectivity index (χ2v) is 5.08. The second kappa shape index (κ2) is 5.89. The van der Waals surface area contributed by atoms with Gasteiger partial charge in [0.2, 0.25) is 5.88 Å². The first kappa shape index (κ1) is 15.9. The summed E-state index contributed by atoms with van der Waals surface area (Å²) in [6.07, 6.45) is -0.271. The number of nitrogens with zero attached hydrogens (tertiary/aromatic N) is 2. The van der Waals surface area contributed by atoms with Crippen molar-refractivity contribution in [3.63, 3.8) is 0 Å². The van der Waals surface area contributed by atoms with Crippen LogP contribution in [0, 0.1) is 0 Å². The average molecular weight is 290 g/mol. The molecule has 20 heavy (non-hydrogen) atoms. The largest absolute Gasteiger partial charge is 0.506 e. The summed E-state index contributed by atoms with van der Waals surface area (Å²) in [6, 6.07) is 1.15. The van der Waals surface area contributed by atoms with Crippen molar-refractivity contribution in [3.8, 4) is 11.6 Å². The summed E-state index contributed by atoms with van der Waals surface area (Å²) in [5.41, 5.74) is -0.693. The smallest absolute Gasteiger partial charge is 0.408 e. The molecule has 8 heteroatoms. The molecule has 1 aromatic rings. The van der Waals surface area contributed by atoms with Crippen molar-refractivity contribution in [2.75, 3.05) is 0 Å². The zero-order valence-corrected chi connectivity index (χ0v) is 11.3. The number of pyridine rings is 1. The van der Waals surface area contributed by atoms with Crippen molar-refractivity contribution in [2.45, 2.75) is 39.5 Å². The number of hydrogen-bond donors (Lipinski definition) is 2. The molecule has 0 bridgehead atoms. The van der Waals surface area contributed by atoms with Gasteiger partial charge >= 0.3 is 12.7 Å². The molecule has 0 saturated carbocycles. The van der Waals surface area contributed by atoms with Gasteiger partial charge in [-0.25, -0.2) is 9.78 Å². The topological polar surface area (TPSA) is 82.9 Å². The summed E-state index contributed by atoms with van der Waals surface area (Å²) in [5, 5.41) is 18.5. The van der Waals surface area contributed by atoms with Crippen LogP contribution in [-0.2, 0) is 6.54 Å². The molecule has 6 nitrogen and oxygen atoms in total. The third-order valence-corrected chi connectivity index (χ3v) is 2.48. The van der Waals surface area contributed by atoms with E-state index in [1.807, 2.05) is 0 Å². The number of ether oxygens (including phenoxy) is 1. The highest BCUT2D eigenvalue weighted by atomic mass is 19.3. The highest BCUT2D eigenvalue weighted by Crippen LogP contribution is 2.26. The molecule has 1 aromatic heterocycles. The normalized spacial score (nSPS) is 11.5. The van der Waals surface area contributed by atoms with E-state index in [-0.39, 0.29) is 17.9 Å². The molecule has 0 unspecified atom stereocenters. The Balaban J connectivity index is 3.11. The van der Waals surface area contributed by atoms with Gasteiger partial charge in [0.1, 0.15) is 5.75 Å². The van der Waals surface area contributed by atoms with E-state index in [1.54, 1.807) is 20.8 Å². The summed E-state index contributed by atoms with van der Waals surface area (Å²) in [5.74, 6) is -0.672. The molecule has 0 aliphatic rings. The Morgan fingerprint density at radius 1 is 1.50 bits per heavy atom. The molecule has 0 fully saturated rings. The summed E-state index contributed by atoms with van der Waals surface area (Å²) >= 11 is 0. The van der Waals surface area contributed by atoms with Gasteiger partial charge in [0.25, 0.3) is 0 Å². The predicted octanol–water partition coefficient (Wildman–Crippen LogP) is 2.67. The molecule has 1 amide bonds. The molecule has 0 aliphatic carbocycles. The van der Waals surface area contributed by atoms with Gasteiger partial charge in [-0.2, -0.15) is 8.78 Å². The van der Waals surface area contributed by atoms with Gasteiger partial charge < -0.3 is 14.9 Å². The first-order chi connectivity index (χ1) is 9.11. The maximum Gasteiger partial charge on any atom is 0.408 e. The number of rotatable bonds is 4. The van der Waals surface area contributed by atoms with E-state index in [0.717, 1.165) is 17.2 Å². The number of amides is 1. The Morgan fingerprint density at radius 2 is 2.10 bits per heavy atom. The first-order valence-electron chi connectivity index (χ1n) is 5.74. The van der Waals surface area contributed by atoms with E-state index < -0.39 is 24.1 Å². The highest BCUT2D eigenvalue weighted by molar-refractivity contribution is 5.66. The molecule has 0 aromatic carbocycles. The molecule has 112 valence electrons. The van der Waals surface area contributed by atoms with Crippen LogP contribution in [0.1, 0.15) is 26.3 Å². The van der Waals surface area contributed by atoms with Gasteiger partial charge in [-0.3, -0.25) is 4.90 Å². The van der Waals surface area contributed by atoms with Crippen molar-refractivity contribution < 1.29 is 28.5 Å². The fourth-order valence-electron chi connectivity index (χ4n) is 1.55. The van der Waals surface area contributed by atoms with E-state index in [1.165, 1.54) is 0 Å². The lowest BCUT2D eigenvalue weighted by atomic mass is 10.1. The van der Waals surface area contributed by atoms with Gasteiger partial charge in [0, 0.05) is 11.1 Å². The van der Waals surface area contributed by atoms with Crippen molar-refractivity contribution in [3.05, 3.63) is 17.8 Å². The quantitative estimate of drug-likeness (QED) is 0.890. The zero-order valence-electron chi connectivity index (χ0n) is 11.3. The maximum absolute atomic E-state index is 12.3. The van der Waals surface area contributed by atoms with Gasteiger partial charge in [0.15, 0.2) is 0 Å². The SMILES string of the molecule is CC(C)(C)N(Cc1cc(O)cnc1OC(F)F)C(=O)O. The molecule has 2 N–H and O–H groups in total. The van der Waals surface area contributed by atoms with Crippen LogP contribution in [-0.4, -0.2) is 38.3 Å². The Labute approximate surface area is 114 Å². The maximum atomic E-state index is 12.3. The summed E-state index contributed by atoms with van der Waals surface area (Å²) < 4.78 is 28.8. The molecular weight excluding hydrogens is 274 g/mol. The van der Waals surface area contributed by atoms with Gasteiger partial charge in [-0.1, -0.05) is 0 Å². The molecule has 0 spiro atoms. The van der Waals surface area contributed by atoms with Crippen molar-refractivity contribution in [1.82, 2.24) is 9.88 Å². The molecule has 0 aliphatic heterocycles. The fourth-order valence-corrected chi connectivity index (χ4v) is 1.55. The van der Waals surface area contributed by atoms with Gasteiger partial charge in [0.05, 0.1) is 12.7 Å². The third-order valence-electron chi connectivity index (χ3n) is 2.48. The number of aromatic hydroxyl groups is 1. The summed E-state index contributed by atoms with van der Waals surface area (Å²) in [7, 11) is 0. The predicted molar refractivity (Wildman–Crippen MR) is 65.9 cm³/mol. The van der Waals surface area contributed by atoms with Crippen LogP contribution >= 0.6 is 0 Å². The molecule has 0 saturated heterocycles. The number of halogens is 2. The Bertz CT molecular complexity index is 489. The van der Waals surface area contributed by atoms with Crippen molar-refractivity contribution >= 4 is 6.09 Å². The van der Waals surface area contributed by atoms with Crippen LogP contribution in [0.3, 0.4) is 0 Å². The third kappa shape index (κ3) is 4.22. The standard InChI is InChI=1S/C12H16F2N2O4/c1-12(2,3)16(11(18)19)6-7-4-8(17)5-15-9(7)20-10(13)14/h4-5,10,17H,6H2,1-3H3,(H,18,19). The first-order valence-corrected chi connectivity index (χ1v) is 5.74. The lowest BCUT2D eigenvalue weighted by molar-refractivity contribution is -0.0539. The molecule has 1 rings (SSSR count). The van der Waals surface area contributed by atoms with Crippen LogP contribution < -0.4 is 4.74 Å². The van der Waals surface area contributed by atoms with E-state index in [0.29, 0.717) is 0 Å². The fraction of sp³-hybridized carbons (Fsp3) is 0.500. The zero-order chi connectivity index (χ0) is 15.5. The Kier molecular flexibility index (Phi) is 4.69. The van der Waals surface area contributed by atoms with Crippen LogP contribution in [0.4, 0.5) is 13.6 Å². The molecule has 1 heterocycles. The van der Waals surface area contributed by atoms with Gasteiger partial charge in [-0.05, 0) is 26.8 Å². The number of alkyl halides is 2. The summed E-state index contributed by atoms with van der Waals surface area (Å²) in [4.78, 5) is 15.8. The highest BCUT2D eigenvalue weighted by Gasteiger charge is 2.28. The van der Waals surface area contributed by atoms with Gasteiger partial charge in [-0.15, -0.1) is 0 Å². The Hall–Kier alpha value is -2.12. The lowest BCUT2D eigenvalue weighted by Gasteiger charge is -2.33. The monoisotopic (exact) mass is 290 g/mol. The lowest BCUT2D eigenvalue weighted by Crippen LogP contribution is -2.44. The number of hydrogen-bond acceptors (Lipinski definition) is 4. The van der Waals surface area contributed by atoms with E-state index in [9.17, 15) is 18.7 Å². The van der Waals surface area contributed by atoms with Crippen molar-refractivity contribution in [2.24, 2.45) is 0 Å². The Morgan fingerprint density at radius 3 is 2.55 bits per heavy atom. The minimum atomic E-state index is -3.08. The van der Waals surface area contributed by atoms with Crippen LogP contribution in [0.15, 0.2) is 12.3 Å². The molecular formula is C12H16F2N2O4. The minimum Gasteiger partial charge on any atom is -0.506 e. The van der Waals surface area contributed by atoms with Crippen LogP contribution in [0.2, 0.25) is 0 Å².